The molecular formula is C16H19ClN4O2. The first-order valence-electron chi connectivity index (χ1n) is 7.67. The number of nitrogens with one attached hydrogen (secondary N) is 3. The third-order valence-corrected chi connectivity index (χ3v) is 4.15. The van der Waals surface area contributed by atoms with E-state index in [1.807, 2.05) is 13.1 Å². The topological polar surface area (TPSA) is 79.0 Å². The molecule has 0 aliphatic heterocycles. The number of hydrogen-bond donors (Lipinski definition) is 3. The quantitative estimate of drug-likeness (QED) is 0.803. The molecular weight excluding hydrogens is 316 g/mol. The summed E-state index contributed by atoms with van der Waals surface area (Å²) in [5.74, 6) is 0.493. The summed E-state index contributed by atoms with van der Waals surface area (Å²) in [7, 11) is 0. The summed E-state index contributed by atoms with van der Waals surface area (Å²) in [6.45, 7) is 2.35. The molecule has 0 radical (unpaired) electrons. The molecule has 3 rings (SSSR count). The highest BCUT2D eigenvalue weighted by atomic mass is 35.5. The van der Waals surface area contributed by atoms with Gasteiger partial charge in [-0.3, -0.25) is 5.10 Å². The lowest BCUT2D eigenvalue weighted by Crippen LogP contribution is -2.41. The van der Waals surface area contributed by atoms with Gasteiger partial charge in [-0.05, 0) is 43.9 Å². The summed E-state index contributed by atoms with van der Waals surface area (Å²) in [4.78, 5) is 12.3. The largest absolute Gasteiger partial charge is 0.490 e. The maximum Gasteiger partial charge on any atom is 0.319 e. The second kappa shape index (κ2) is 6.91. The van der Waals surface area contributed by atoms with Crippen molar-refractivity contribution in [3.8, 4) is 5.75 Å². The van der Waals surface area contributed by atoms with Crippen LogP contribution >= 0.6 is 11.6 Å². The van der Waals surface area contributed by atoms with Gasteiger partial charge in [-0.25, -0.2) is 4.79 Å². The number of para-hydroxylation sites is 1. The van der Waals surface area contributed by atoms with Crippen LogP contribution in [0.2, 0.25) is 5.02 Å². The smallest absolute Gasteiger partial charge is 0.319 e. The van der Waals surface area contributed by atoms with Gasteiger partial charge in [0.25, 0.3) is 0 Å². The van der Waals surface area contributed by atoms with Gasteiger partial charge in [0.15, 0.2) is 5.75 Å². The van der Waals surface area contributed by atoms with Gasteiger partial charge in [0.2, 0.25) is 0 Å². The van der Waals surface area contributed by atoms with Crippen LogP contribution in [0.1, 0.15) is 24.6 Å². The van der Waals surface area contributed by atoms with E-state index in [1.54, 1.807) is 18.2 Å². The molecule has 2 amide bonds. The Labute approximate surface area is 139 Å². The van der Waals surface area contributed by atoms with Gasteiger partial charge in [0.05, 0.1) is 23.5 Å². The van der Waals surface area contributed by atoms with E-state index in [-0.39, 0.29) is 12.1 Å². The number of benzene rings is 1. The number of carbonyl (C=O) groups is 1. The molecule has 1 aromatic carbocycles. The van der Waals surface area contributed by atoms with Gasteiger partial charge < -0.3 is 15.4 Å². The molecule has 2 aromatic rings. The summed E-state index contributed by atoms with van der Waals surface area (Å²) >= 11 is 6.12. The van der Waals surface area contributed by atoms with Crippen LogP contribution in [-0.4, -0.2) is 28.9 Å². The summed E-state index contributed by atoms with van der Waals surface area (Å²) in [5.41, 5.74) is 2.90. The molecule has 0 saturated heterocycles. The number of aromatic amines is 1. The van der Waals surface area contributed by atoms with Crippen molar-refractivity contribution in [1.82, 2.24) is 15.5 Å². The number of hydrogen-bond acceptors (Lipinski definition) is 3. The zero-order chi connectivity index (χ0) is 16.2. The Kier molecular flexibility index (Phi) is 4.71. The van der Waals surface area contributed by atoms with Gasteiger partial charge in [0.1, 0.15) is 0 Å². The van der Waals surface area contributed by atoms with Gasteiger partial charge in [-0.1, -0.05) is 17.7 Å². The number of fused-ring (bicyclic) bond motifs is 1. The van der Waals surface area contributed by atoms with Crippen LogP contribution in [0.15, 0.2) is 24.4 Å². The minimum atomic E-state index is -0.259. The number of halogens is 1. The molecule has 7 heteroatoms. The van der Waals surface area contributed by atoms with Crippen molar-refractivity contribution in [2.24, 2.45) is 0 Å². The Morgan fingerprint density at radius 3 is 3.22 bits per heavy atom. The number of rotatable bonds is 4. The van der Waals surface area contributed by atoms with Crippen LogP contribution < -0.4 is 15.4 Å². The van der Waals surface area contributed by atoms with Crippen LogP contribution in [0, 0.1) is 0 Å². The number of anilines is 1. The number of amides is 2. The zero-order valence-corrected chi connectivity index (χ0v) is 13.6. The minimum Gasteiger partial charge on any atom is -0.490 e. The highest BCUT2D eigenvalue weighted by molar-refractivity contribution is 6.32. The summed E-state index contributed by atoms with van der Waals surface area (Å²) < 4.78 is 5.51. The lowest BCUT2D eigenvalue weighted by molar-refractivity contribution is 0.247. The number of carbonyl (C=O) groups excluding carboxylic acids is 1. The van der Waals surface area contributed by atoms with E-state index in [9.17, 15) is 4.79 Å². The standard InChI is InChI=1S/C16H19ClN4O2/c1-2-23-15-12(17)4-3-5-14(15)20-16(22)19-11-6-7-13-10(8-11)9-18-21-13/h3-5,9,11H,2,6-8H2,1H3,(H,18,21)(H2,19,20,22). The van der Waals surface area contributed by atoms with E-state index >= 15 is 0 Å². The highest BCUT2D eigenvalue weighted by Crippen LogP contribution is 2.32. The molecule has 3 N–H and O–H groups in total. The second-order valence-electron chi connectivity index (χ2n) is 5.46. The average Bonchev–Trinajstić information content (AvgIpc) is 2.98. The predicted octanol–water partition coefficient (Wildman–Crippen LogP) is 3.14. The van der Waals surface area contributed by atoms with Crippen LogP contribution in [0.5, 0.6) is 5.75 Å². The molecule has 1 aliphatic carbocycles. The van der Waals surface area contributed by atoms with Crippen molar-refractivity contribution in [2.45, 2.75) is 32.2 Å². The monoisotopic (exact) mass is 334 g/mol. The molecule has 1 aliphatic rings. The van der Waals surface area contributed by atoms with Crippen molar-refractivity contribution in [3.05, 3.63) is 40.7 Å². The lowest BCUT2D eigenvalue weighted by atomic mass is 9.94. The molecule has 23 heavy (non-hydrogen) atoms. The fourth-order valence-electron chi connectivity index (χ4n) is 2.78. The number of nitrogens with zero attached hydrogens (tertiary/aromatic N) is 1. The van der Waals surface area contributed by atoms with Gasteiger partial charge >= 0.3 is 6.03 Å². The maximum atomic E-state index is 12.3. The van der Waals surface area contributed by atoms with Crippen molar-refractivity contribution in [1.29, 1.82) is 0 Å². The zero-order valence-electron chi connectivity index (χ0n) is 12.9. The number of ether oxygens (including phenoxy) is 1. The molecule has 0 fully saturated rings. The molecule has 1 heterocycles. The van der Waals surface area contributed by atoms with E-state index in [0.717, 1.165) is 25.0 Å². The van der Waals surface area contributed by atoms with Gasteiger partial charge in [-0.2, -0.15) is 5.10 Å². The molecule has 0 saturated carbocycles. The third kappa shape index (κ3) is 3.59. The Bertz CT molecular complexity index is 701. The van der Waals surface area contributed by atoms with Gasteiger partial charge in [0, 0.05) is 11.7 Å². The van der Waals surface area contributed by atoms with Crippen molar-refractivity contribution in [3.63, 3.8) is 0 Å². The fourth-order valence-corrected chi connectivity index (χ4v) is 3.01. The number of aromatic nitrogens is 2. The molecule has 0 bridgehead atoms. The highest BCUT2D eigenvalue weighted by Gasteiger charge is 2.22. The third-order valence-electron chi connectivity index (χ3n) is 3.86. The van der Waals surface area contributed by atoms with E-state index in [0.29, 0.717) is 23.1 Å². The number of H-pyrrole nitrogens is 1. The average molecular weight is 335 g/mol. The Morgan fingerprint density at radius 1 is 1.52 bits per heavy atom. The summed E-state index contributed by atoms with van der Waals surface area (Å²) in [6.07, 6.45) is 4.39. The maximum absolute atomic E-state index is 12.3. The first-order valence-corrected chi connectivity index (χ1v) is 8.05. The first kappa shape index (κ1) is 15.7. The van der Waals surface area contributed by atoms with E-state index in [1.165, 1.54) is 5.56 Å². The molecule has 1 atom stereocenters. The second-order valence-corrected chi connectivity index (χ2v) is 5.87. The van der Waals surface area contributed by atoms with Crippen LogP contribution in [0.3, 0.4) is 0 Å². The Balaban J connectivity index is 1.63. The van der Waals surface area contributed by atoms with Crippen molar-refractivity contribution < 1.29 is 9.53 Å². The van der Waals surface area contributed by atoms with E-state index < -0.39 is 0 Å². The van der Waals surface area contributed by atoms with Crippen molar-refractivity contribution >= 4 is 23.3 Å². The summed E-state index contributed by atoms with van der Waals surface area (Å²) in [6, 6.07) is 5.11. The molecule has 1 aromatic heterocycles. The molecule has 6 nitrogen and oxygen atoms in total. The molecule has 1 unspecified atom stereocenters. The van der Waals surface area contributed by atoms with Crippen LogP contribution in [0.4, 0.5) is 10.5 Å². The normalized spacial score (nSPS) is 16.5. The number of aryl methyl sites for hydroxylation is 1. The lowest BCUT2D eigenvalue weighted by Gasteiger charge is -2.23. The van der Waals surface area contributed by atoms with Crippen LogP contribution in [-0.2, 0) is 12.8 Å². The predicted molar refractivity (Wildman–Crippen MR) is 89.2 cm³/mol. The molecule has 0 spiro atoms. The SMILES string of the molecule is CCOc1c(Cl)cccc1NC(=O)NC1CCc2[nH]ncc2C1. The summed E-state index contributed by atoms with van der Waals surface area (Å²) in [5, 5.41) is 13.3. The Hall–Kier alpha value is -2.21. The number of urea groups is 1. The van der Waals surface area contributed by atoms with Gasteiger partial charge in [-0.15, -0.1) is 0 Å². The first-order chi connectivity index (χ1) is 11.2. The molecule has 122 valence electrons. The van der Waals surface area contributed by atoms with Crippen LogP contribution in [0.25, 0.3) is 0 Å². The van der Waals surface area contributed by atoms with E-state index in [2.05, 4.69) is 20.8 Å². The fraction of sp³-hybridized carbons (Fsp3) is 0.375. The Morgan fingerprint density at radius 2 is 2.39 bits per heavy atom. The minimum absolute atomic E-state index is 0.0924. The van der Waals surface area contributed by atoms with E-state index in [4.69, 9.17) is 16.3 Å². The van der Waals surface area contributed by atoms with Crippen molar-refractivity contribution in [2.75, 3.05) is 11.9 Å².